The number of amides is 1. The van der Waals surface area contributed by atoms with Crippen LogP contribution in [0.5, 0.6) is 11.5 Å². The highest BCUT2D eigenvalue weighted by Crippen LogP contribution is 2.48. The molecule has 3 aromatic rings. The lowest BCUT2D eigenvalue weighted by Crippen LogP contribution is -2.40. The van der Waals surface area contributed by atoms with Crippen molar-refractivity contribution in [3.05, 3.63) is 27.0 Å². The van der Waals surface area contributed by atoms with Crippen molar-refractivity contribution in [3.8, 4) is 11.5 Å². The van der Waals surface area contributed by atoms with Crippen LogP contribution < -0.4 is 20.4 Å². The van der Waals surface area contributed by atoms with Gasteiger partial charge in [0, 0.05) is 26.1 Å². The Kier molecular flexibility index (Phi) is 6.09. The summed E-state index contributed by atoms with van der Waals surface area (Å²) in [6, 6.07) is 0.971. The molecule has 1 atom stereocenters. The van der Waals surface area contributed by atoms with Gasteiger partial charge in [-0.25, -0.2) is 9.18 Å². The number of anilines is 1. The van der Waals surface area contributed by atoms with Crippen LogP contribution >= 0.6 is 11.3 Å². The third kappa shape index (κ3) is 4.39. The van der Waals surface area contributed by atoms with Gasteiger partial charge in [0.15, 0.2) is 23.1 Å². The summed E-state index contributed by atoms with van der Waals surface area (Å²) in [5.41, 5.74) is -0.521. The maximum atomic E-state index is 15.7. The van der Waals surface area contributed by atoms with Crippen LogP contribution in [-0.2, 0) is 4.74 Å². The number of ketones is 1. The summed E-state index contributed by atoms with van der Waals surface area (Å²) >= 11 is 1.07. The number of carbonyl (C=O) groups is 2. The number of alkyl carbamates (subject to hydrolysis) is 1. The molecular weight excluding hydrogens is 501 g/mol. The zero-order valence-electron chi connectivity index (χ0n) is 21.4. The maximum Gasteiger partial charge on any atom is 0.407 e. The Labute approximate surface area is 216 Å². The van der Waals surface area contributed by atoms with Crippen molar-refractivity contribution in [2.45, 2.75) is 64.6 Å². The van der Waals surface area contributed by atoms with E-state index in [-0.39, 0.29) is 50.7 Å². The van der Waals surface area contributed by atoms with E-state index in [0.717, 1.165) is 24.2 Å². The Bertz CT molecular complexity index is 1500. The first-order valence-electron chi connectivity index (χ1n) is 12.3. The molecule has 2 aliphatic rings. The fourth-order valence-corrected chi connectivity index (χ4v) is 6.17. The number of Topliss-reactive ketones (excluding diaryl/α,β-unsaturated/α-hetero) is 1. The van der Waals surface area contributed by atoms with E-state index in [1.807, 2.05) is 4.57 Å². The molecule has 1 saturated heterocycles. The third-order valence-corrected chi connectivity index (χ3v) is 7.92. The molecule has 1 aliphatic heterocycles. The van der Waals surface area contributed by atoms with E-state index in [0.29, 0.717) is 29.9 Å². The minimum Gasteiger partial charge on any atom is -0.505 e. The Balaban J connectivity index is 1.64. The highest BCUT2D eigenvalue weighted by molar-refractivity contribution is 7.21. The van der Waals surface area contributed by atoms with E-state index in [1.54, 1.807) is 25.7 Å². The molecule has 2 aromatic heterocycles. The van der Waals surface area contributed by atoms with Crippen molar-refractivity contribution in [3.63, 3.8) is 0 Å². The van der Waals surface area contributed by atoms with Gasteiger partial charge < -0.3 is 29.4 Å². The Morgan fingerprint density at radius 1 is 1.24 bits per heavy atom. The minimum absolute atomic E-state index is 0.0339. The van der Waals surface area contributed by atoms with Gasteiger partial charge in [-0.1, -0.05) is 0 Å². The minimum atomic E-state index is -0.637. The van der Waals surface area contributed by atoms with Crippen LogP contribution in [0.4, 0.5) is 14.9 Å². The van der Waals surface area contributed by atoms with Gasteiger partial charge in [0.1, 0.15) is 26.4 Å². The van der Waals surface area contributed by atoms with Crippen LogP contribution in [0.25, 0.3) is 21.1 Å². The fourth-order valence-electron chi connectivity index (χ4n) is 5.00. The molecule has 2 fully saturated rings. The average molecular weight is 532 g/mol. The lowest BCUT2D eigenvalue weighted by molar-refractivity contribution is 0.0509. The van der Waals surface area contributed by atoms with Gasteiger partial charge in [0.2, 0.25) is 5.43 Å². The molecule has 1 aliphatic carbocycles. The Morgan fingerprint density at radius 2 is 1.95 bits per heavy atom. The number of benzene rings is 1. The lowest BCUT2D eigenvalue weighted by atomic mass is 10.1. The largest absolute Gasteiger partial charge is 0.505 e. The molecule has 2 N–H and O–H groups in total. The van der Waals surface area contributed by atoms with Crippen molar-refractivity contribution in [2.24, 2.45) is 0 Å². The van der Waals surface area contributed by atoms with Gasteiger partial charge >= 0.3 is 6.09 Å². The number of methoxy groups -OCH3 is 1. The number of aromatic hydroxyl groups is 1. The molecule has 0 bridgehead atoms. The van der Waals surface area contributed by atoms with E-state index in [9.17, 15) is 19.5 Å². The normalized spacial score (nSPS) is 18.0. The molecule has 1 amide bonds. The molecule has 198 valence electrons. The van der Waals surface area contributed by atoms with Gasteiger partial charge in [0.05, 0.1) is 24.1 Å². The number of thiophene rings is 1. The second-order valence-corrected chi connectivity index (χ2v) is 11.7. The van der Waals surface area contributed by atoms with Gasteiger partial charge in [0.25, 0.3) is 0 Å². The SMILES string of the molecule is COc1c(N2CCC(NC(=O)OC(C)(C)C)C2)c(F)cc2c(=O)c3c(O)c(C(C)=O)sc3n(C3CC3)c12. The molecule has 9 nitrogen and oxygen atoms in total. The van der Waals surface area contributed by atoms with Crippen molar-refractivity contribution in [1.29, 1.82) is 0 Å². The Morgan fingerprint density at radius 3 is 2.54 bits per heavy atom. The Hall–Kier alpha value is -3.34. The number of carbonyl (C=O) groups excluding carboxylic acids is 2. The molecule has 3 heterocycles. The molecule has 0 radical (unpaired) electrons. The number of halogens is 1. The van der Waals surface area contributed by atoms with Crippen molar-refractivity contribution in [2.75, 3.05) is 25.1 Å². The average Bonchev–Trinajstić information content (AvgIpc) is 3.43. The van der Waals surface area contributed by atoms with Crippen LogP contribution in [-0.4, -0.2) is 53.4 Å². The lowest BCUT2D eigenvalue weighted by Gasteiger charge is -2.25. The predicted octanol–water partition coefficient (Wildman–Crippen LogP) is 4.71. The smallest absolute Gasteiger partial charge is 0.407 e. The summed E-state index contributed by atoms with van der Waals surface area (Å²) in [5, 5.41) is 13.7. The van der Waals surface area contributed by atoms with E-state index in [4.69, 9.17) is 9.47 Å². The summed E-state index contributed by atoms with van der Waals surface area (Å²) in [7, 11) is 1.43. The second kappa shape index (κ2) is 8.90. The van der Waals surface area contributed by atoms with Crippen molar-refractivity contribution >= 4 is 50.0 Å². The molecule has 5 rings (SSSR count). The zero-order chi connectivity index (χ0) is 26.8. The van der Waals surface area contributed by atoms with E-state index in [1.165, 1.54) is 20.1 Å². The summed E-state index contributed by atoms with van der Waals surface area (Å²) < 4.78 is 28.7. The predicted molar refractivity (Wildman–Crippen MR) is 140 cm³/mol. The first-order chi connectivity index (χ1) is 17.4. The molecule has 11 heteroatoms. The topological polar surface area (TPSA) is 110 Å². The first-order valence-corrected chi connectivity index (χ1v) is 13.1. The summed E-state index contributed by atoms with van der Waals surface area (Å²) in [5.74, 6) is -1.12. The fraction of sp³-hybridized carbons (Fsp3) is 0.500. The number of ether oxygens (including phenoxy) is 2. The van der Waals surface area contributed by atoms with E-state index < -0.39 is 22.9 Å². The second-order valence-electron chi connectivity index (χ2n) is 10.7. The molecule has 1 aromatic carbocycles. The number of nitrogens with zero attached hydrogens (tertiary/aromatic N) is 2. The molecular formula is C26H30FN3O6S. The summed E-state index contributed by atoms with van der Waals surface area (Å²) in [6.07, 6.45) is 1.74. The molecule has 1 unspecified atom stereocenters. The van der Waals surface area contributed by atoms with Gasteiger partial charge in [-0.05, 0) is 46.1 Å². The van der Waals surface area contributed by atoms with Crippen LogP contribution in [0.2, 0.25) is 0 Å². The first kappa shape index (κ1) is 25.3. The monoisotopic (exact) mass is 531 g/mol. The van der Waals surface area contributed by atoms with Crippen LogP contribution in [0.15, 0.2) is 10.9 Å². The summed E-state index contributed by atoms with van der Waals surface area (Å²) in [4.78, 5) is 40.3. The summed E-state index contributed by atoms with van der Waals surface area (Å²) in [6.45, 7) is 7.49. The number of rotatable bonds is 5. The molecule has 0 spiro atoms. The van der Waals surface area contributed by atoms with Gasteiger partial charge in [-0.2, -0.15) is 0 Å². The van der Waals surface area contributed by atoms with Crippen LogP contribution in [0.1, 0.15) is 62.7 Å². The number of aromatic nitrogens is 1. The van der Waals surface area contributed by atoms with Gasteiger partial charge in [-0.15, -0.1) is 11.3 Å². The van der Waals surface area contributed by atoms with Crippen molar-refractivity contribution < 1.29 is 28.6 Å². The van der Waals surface area contributed by atoms with Crippen molar-refractivity contribution in [1.82, 2.24) is 9.88 Å². The van der Waals surface area contributed by atoms with E-state index in [2.05, 4.69) is 5.32 Å². The molecule has 37 heavy (non-hydrogen) atoms. The quantitative estimate of drug-likeness (QED) is 0.459. The van der Waals surface area contributed by atoms with Crippen LogP contribution in [0.3, 0.4) is 0 Å². The number of hydrogen-bond donors (Lipinski definition) is 2. The maximum absolute atomic E-state index is 15.7. The number of fused-ring (bicyclic) bond motifs is 2. The zero-order valence-corrected chi connectivity index (χ0v) is 22.3. The van der Waals surface area contributed by atoms with Gasteiger partial charge in [-0.3, -0.25) is 9.59 Å². The third-order valence-electron chi connectivity index (χ3n) is 6.64. The van der Waals surface area contributed by atoms with Crippen LogP contribution in [0, 0.1) is 5.82 Å². The molecule has 1 saturated carbocycles. The highest BCUT2D eigenvalue weighted by Gasteiger charge is 2.35. The van der Waals surface area contributed by atoms with E-state index >= 15 is 4.39 Å². The highest BCUT2D eigenvalue weighted by atomic mass is 32.1. The number of pyridine rings is 1. The standard InChI is InChI=1S/C26H30FN3O6S/c1-12(31)23-21(33)17-20(32)15-10-16(27)19(22(35-5)18(15)30(14-6-7-14)24(17)37-23)29-9-8-13(11-29)28-25(34)36-26(2,3)4/h10,13-14,33H,6-9,11H2,1-5H3,(H,28,34). The number of hydrogen-bond acceptors (Lipinski definition) is 8. The number of nitrogens with one attached hydrogen (secondary N) is 1.